The molecule has 1 aliphatic carbocycles. The summed E-state index contributed by atoms with van der Waals surface area (Å²) in [6.07, 6.45) is 5.44. The number of fused-ring (bicyclic) bond motifs is 1. The van der Waals surface area contributed by atoms with E-state index >= 15 is 0 Å². The van der Waals surface area contributed by atoms with Crippen molar-refractivity contribution in [2.45, 2.75) is 37.8 Å². The van der Waals surface area contributed by atoms with Gasteiger partial charge in [-0.05, 0) is 38.1 Å². The van der Waals surface area contributed by atoms with E-state index in [1.54, 1.807) is 0 Å². The SMILES string of the molecule is COC[C@@]12CC[C@@H](N3CCOCC3)C[C@H]1CCN(C1CSCCSC1)C2. The molecule has 1 saturated carbocycles. The number of thioether (sulfide) groups is 2. The summed E-state index contributed by atoms with van der Waals surface area (Å²) in [7, 11) is 1.91. The zero-order valence-electron chi connectivity index (χ0n) is 16.4. The number of morpholine rings is 1. The van der Waals surface area contributed by atoms with Crippen molar-refractivity contribution >= 4 is 23.5 Å². The topological polar surface area (TPSA) is 24.9 Å². The van der Waals surface area contributed by atoms with Gasteiger partial charge in [0.25, 0.3) is 0 Å². The van der Waals surface area contributed by atoms with Crippen molar-refractivity contribution in [3.63, 3.8) is 0 Å². The third-order valence-corrected chi connectivity index (χ3v) is 9.67. The first kappa shape index (κ1) is 19.8. The maximum Gasteiger partial charge on any atom is 0.0594 e. The molecule has 3 heterocycles. The Hall–Kier alpha value is 0.540. The van der Waals surface area contributed by atoms with Crippen LogP contribution in [-0.4, -0.2) is 98.0 Å². The van der Waals surface area contributed by atoms with Crippen LogP contribution in [0.4, 0.5) is 0 Å². The number of methoxy groups -OCH3 is 1. The van der Waals surface area contributed by atoms with E-state index in [4.69, 9.17) is 9.47 Å². The van der Waals surface area contributed by atoms with Crippen molar-refractivity contribution in [3.05, 3.63) is 0 Å². The zero-order chi connectivity index (χ0) is 17.8. The second-order valence-electron chi connectivity index (χ2n) is 8.63. The van der Waals surface area contributed by atoms with Gasteiger partial charge in [0.2, 0.25) is 0 Å². The third-order valence-electron chi connectivity index (χ3n) is 7.18. The van der Waals surface area contributed by atoms with Gasteiger partial charge in [-0.15, -0.1) is 0 Å². The molecule has 26 heavy (non-hydrogen) atoms. The Bertz CT molecular complexity index is 442. The Morgan fingerprint density at radius 1 is 1.00 bits per heavy atom. The number of likely N-dealkylation sites (tertiary alicyclic amines) is 1. The Morgan fingerprint density at radius 2 is 1.77 bits per heavy atom. The molecule has 0 aromatic rings. The molecule has 0 radical (unpaired) electrons. The molecule has 0 unspecified atom stereocenters. The van der Waals surface area contributed by atoms with Crippen LogP contribution in [0.1, 0.15) is 25.7 Å². The van der Waals surface area contributed by atoms with Crippen molar-refractivity contribution < 1.29 is 9.47 Å². The maximum atomic E-state index is 5.81. The summed E-state index contributed by atoms with van der Waals surface area (Å²) in [5, 5.41) is 0. The van der Waals surface area contributed by atoms with Gasteiger partial charge < -0.3 is 9.47 Å². The summed E-state index contributed by atoms with van der Waals surface area (Å²) >= 11 is 4.33. The molecule has 4 rings (SSSR count). The maximum absolute atomic E-state index is 5.81. The summed E-state index contributed by atoms with van der Waals surface area (Å²) in [5.41, 5.74) is 0.400. The number of ether oxygens (including phenoxy) is 2. The standard InChI is InChI=1S/C20H36N2O2S2/c1-23-16-20-4-2-18(21-6-8-24-9-7-21)12-17(20)3-5-22(15-20)19-13-25-10-11-26-14-19/h17-19H,2-16H2,1H3/t17-,18-,20+/m1/s1. The molecule has 4 nitrogen and oxygen atoms in total. The minimum Gasteiger partial charge on any atom is -0.384 e. The van der Waals surface area contributed by atoms with Crippen LogP contribution < -0.4 is 0 Å². The molecule has 3 atom stereocenters. The fraction of sp³-hybridized carbons (Fsp3) is 1.00. The molecule has 4 fully saturated rings. The smallest absolute Gasteiger partial charge is 0.0594 e. The molecule has 0 spiro atoms. The number of hydrogen-bond acceptors (Lipinski definition) is 6. The van der Waals surface area contributed by atoms with Gasteiger partial charge in [-0.25, -0.2) is 0 Å². The lowest BCUT2D eigenvalue weighted by atomic mass is 9.61. The second kappa shape index (κ2) is 9.36. The number of rotatable bonds is 4. The van der Waals surface area contributed by atoms with Crippen molar-refractivity contribution in [2.75, 3.05) is 76.1 Å². The predicted molar refractivity (Wildman–Crippen MR) is 112 cm³/mol. The van der Waals surface area contributed by atoms with Crippen LogP contribution in [0.3, 0.4) is 0 Å². The fourth-order valence-corrected chi connectivity index (χ4v) is 8.34. The highest BCUT2D eigenvalue weighted by Crippen LogP contribution is 2.48. The summed E-state index contributed by atoms with van der Waals surface area (Å²) in [6, 6.07) is 1.56. The lowest BCUT2D eigenvalue weighted by Gasteiger charge is -2.55. The van der Waals surface area contributed by atoms with Crippen molar-refractivity contribution in [2.24, 2.45) is 11.3 Å². The van der Waals surface area contributed by atoms with Crippen LogP contribution in [0.2, 0.25) is 0 Å². The number of piperidine rings is 1. The van der Waals surface area contributed by atoms with Gasteiger partial charge in [0, 0.05) is 67.3 Å². The lowest BCUT2D eigenvalue weighted by Crippen LogP contribution is -2.59. The molecule has 6 heteroatoms. The third kappa shape index (κ3) is 4.41. The molecule has 0 amide bonds. The largest absolute Gasteiger partial charge is 0.384 e. The van der Waals surface area contributed by atoms with E-state index < -0.39 is 0 Å². The quantitative estimate of drug-likeness (QED) is 0.720. The predicted octanol–water partition coefficient (Wildman–Crippen LogP) is 2.67. The normalized spacial score (nSPS) is 38.7. The van der Waals surface area contributed by atoms with Gasteiger partial charge >= 0.3 is 0 Å². The lowest BCUT2D eigenvalue weighted by molar-refractivity contribution is -0.0900. The van der Waals surface area contributed by atoms with Crippen LogP contribution in [0.25, 0.3) is 0 Å². The van der Waals surface area contributed by atoms with Crippen molar-refractivity contribution in [1.29, 1.82) is 0 Å². The minimum atomic E-state index is 0.400. The van der Waals surface area contributed by atoms with E-state index in [1.165, 1.54) is 61.8 Å². The van der Waals surface area contributed by atoms with Gasteiger partial charge in [-0.1, -0.05) is 0 Å². The van der Waals surface area contributed by atoms with E-state index in [0.29, 0.717) is 5.41 Å². The highest BCUT2D eigenvalue weighted by atomic mass is 32.2. The average Bonchev–Trinajstić information content (AvgIpc) is 2.97. The Labute approximate surface area is 168 Å². The van der Waals surface area contributed by atoms with Gasteiger partial charge in [-0.3, -0.25) is 9.80 Å². The first-order valence-electron chi connectivity index (χ1n) is 10.5. The van der Waals surface area contributed by atoms with E-state index in [9.17, 15) is 0 Å². The number of nitrogens with zero attached hydrogens (tertiary/aromatic N) is 2. The van der Waals surface area contributed by atoms with Gasteiger partial charge in [0.15, 0.2) is 0 Å². The molecule has 3 aliphatic heterocycles. The van der Waals surface area contributed by atoms with Crippen LogP contribution >= 0.6 is 23.5 Å². The fourth-order valence-electron chi connectivity index (χ4n) is 5.72. The van der Waals surface area contributed by atoms with Crippen molar-refractivity contribution in [3.8, 4) is 0 Å². The first-order chi connectivity index (χ1) is 12.8. The van der Waals surface area contributed by atoms with E-state index in [0.717, 1.165) is 50.9 Å². The highest BCUT2D eigenvalue weighted by Gasteiger charge is 2.48. The highest BCUT2D eigenvalue weighted by molar-refractivity contribution is 8.03. The van der Waals surface area contributed by atoms with Crippen LogP contribution in [0, 0.1) is 11.3 Å². The van der Waals surface area contributed by atoms with Gasteiger partial charge in [0.05, 0.1) is 19.8 Å². The Kier molecular flexibility index (Phi) is 7.14. The Balaban J connectivity index is 1.42. The van der Waals surface area contributed by atoms with Gasteiger partial charge in [-0.2, -0.15) is 23.5 Å². The molecule has 150 valence electrons. The van der Waals surface area contributed by atoms with E-state index in [2.05, 4.69) is 33.3 Å². The zero-order valence-corrected chi connectivity index (χ0v) is 18.0. The monoisotopic (exact) mass is 400 g/mol. The molecular weight excluding hydrogens is 364 g/mol. The second-order valence-corrected chi connectivity index (χ2v) is 10.9. The van der Waals surface area contributed by atoms with E-state index in [-0.39, 0.29) is 0 Å². The van der Waals surface area contributed by atoms with Crippen molar-refractivity contribution in [1.82, 2.24) is 9.80 Å². The summed E-state index contributed by atoms with van der Waals surface area (Å²) < 4.78 is 11.4. The first-order valence-corrected chi connectivity index (χ1v) is 12.8. The molecule has 0 bridgehead atoms. The molecule has 0 aromatic carbocycles. The van der Waals surface area contributed by atoms with Crippen LogP contribution in [0.15, 0.2) is 0 Å². The van der Waals surface area contributed by atoms with E-state index in [1.807, 2.05) is 7.11 Å². The molecule has 3 saturated heterocycles. The molecule has 0 aromatic heterocycles. The molecule has 4 aliphatic rings. The summed E-state index contributed by atoms with van der Waals surface area (Å²) in [4.78, 5) is 5.56. The number of hydrogen-bond donors (Lipinski definition) is 0. The average molecular weight is 401 g/mol. The minimum absolute atomic E-state index is 0.400. The van der Waals surface area contributed by atoms with Crippen LogP contribution in [-0.2, 0) is 9.47 Å². The summed E-state index contributed by atoms with van der Waals surface area (Å²) in [5.74, 6) is 6.17. The van der Waals surface area contributed by atoms with Gasteiger partial charge in [0.1, 0.15) is 0 Å². The Morgan fingerprint density at radius 3 is 2.50 bits per heavy atom. The summed E-state index contributed by atoms with van der Waals surface area (Å²) in [6.45, 7) is 7.65. The molecular formula is C20H36N2O2S2. The van der Waals surface area contributed by atoms with Crippen LogP contribution in [0.5, 0.6) is 0 Å². The molecule has 0 N–H and O–H groups in total.